The van der Waals surface area contributed by atoms with E-state index in [1.54, 1.807) is 6.92 Å². The van der Waals surface area contributed by atoms with Gasteiger partial charge in [0.1, 0.15) is 5.82 Å². The number of rotatable bonds is 3. The molecule has 0 heterocycles. The Kier molecular flexibility index (Phi) is 3.83. The van der Waals surface area contributed by atoms with Crippen molar-refractivity contribution in [1.82, 2.24) is 4.90 Å². The summed E-state index contributed by atoms with van der Waals surface area (Å²) in [4.78, 5) is 13.1. The number of anilines is 1. The van der Waals surface area contributed by atoms with Crippen LogP contribution in [-0.4, -0.2) is 24.4 Å². The van der Waals surface area contributed by atoms with E-state index in [4.69, 9.17) is 5.73 Å². The second kappa shape index (κ2) is 4.95. The molecule has 3 nitrogen and oxygen atoms in total. The first kappa shape index (κ1) is 13.2. The summed E-state index contributed by atoms with van der Waals surface area (Å²) in [6.45, 7) is 5.65. The molecule has 0 fully saturated rings. The number of likely N-dealkylation sites (N-methyl/N-ethyl adjacent to an activating group) is 1. The van der Waals surface area contributed by atoms with Crippen LogP contribution < -0.4 is 5.73 Å². The number of carbonyl (C=O) groups is 1. The predicted octanol–water partition coefficient (Wildman–Crippen LogP) is 2.20. The van der Waals surface area contributed by atoms with Crippen LogP contribution in [0.3, 0.4) is 0 Å². The molecule has 1 aromatic rings. The maximum absolute atomic E-state index is 13.6. The number of benzene rings is 1. The lowest BCUT2D eigenvalue weighted by atomic mass is 10.1. The van der Waals surface area contributed by atoms with Gasteiger partial charge in [-0.1, -0.05) is 12.2 Å². The number of hydrogen-bond acceptors (Lipinski definition) is 2. The molecule has 1 rings (SSSR count). The Labute approximate surface area is 98.5 Å². The number of nitrogens with two attached hydrogens (primary N) is 1. The van der Waals surface area contributed by atoms with E-state index in [0.29, 0.717) is 0 Å². The Morgan fingerprint density at radius 1 is 1.47 bits per heavy atom. The van der Waals surface area contributed by atoms with Crippen LogP contribution in [0, 0.1) is 11.6 Å². The first-order valence-electron chi connectivity index (χ1n) is 4.97. The van der Waals surface area contributed by atoms with E-state index in [-0.39, 0.29) is 17.8 Å². The minimum Gasteiger partial charge on any atom is -0.396 e. The Bertz CT molecular complexity index is 472. The van der Waals surface area contributed by atoms with E-state index in [2.05, 4.69) is 6.58 Å². The van der Waals surface area contributed by atoms with Crippen molar-refractivity contribution in [3.63, 3.8) is 0 Å². The zero-order valence-corrected chi connectivity index (χ0v) is 9.76. The van der Waals surface area contributed by atoms with Gasteiger partial charge in [-0.3, -0.25) is 4.79 Å². The molecule has 1 aromatic carbocycles. The monoisotopic (exact) mass is 240 g/mol. The van der Waals surface area contributed by atoms with Gasteiger partial charge < -0.3 is 10.6 Å². The molecule has 0 spiro atoms. The summed E-state index contributed by atoms with van der Waals surface area (Å²) in [6, 6.07) is 1.67. The van der Waals surface area contributed by atoms with Crippen LogP contribution >= 0.6 is 0 Å². The van der Waals surface area contributed by atoms with Gasteiger partial charge in [0.05, 0.1) is 11.3 Å². The first-order chi connectivity index (χ1) is 7.82. The van der Waals surface area contributed by atoms with E-state index in [9.17, 15) is 13.6 Å². The van der Waals surface area contributed by atoms with Gasteiger partial charge in [0, 0.05) is 13.6 Å². The Balaban J connectivity index is 3.08. The van der Waals surface area contributed by atoms with Gasteiger partial charge in [0.2, 0.25) is 0 Å². The zero-order chi connectivity index (χ0) is 13.2. The Morgan fingerprint density at radius 2 is 2.06 bits per heavy atom. The molecule has 92 valence electrons. The molecule has 0 saturated heterocycles. The van der Waals surface area contributed by atoms with E-state index in [1.165, 1.54) is 11.9 Å². The van der Waals surface area contributed by atoms with Crippen LogP contribution in [-0.2, 0) is 0 Å². The molecule has 0 atom stereocenters. The highest BCUT2D eigenvalue weighted by molar-refractivity contribution is 5.95. The number of hydrogen-bond donors (Lipinski definition) is 1. The summed E-state index contributed by atoms with van der Waals surface area (Å²) in [6.07, 6.45) is 0. The summed E-state index contributed by atoms with van der Waals surface area (Å²) in [5.74, 6) is -2.27. The largest absolute Gasteiger partial charge is 0.396 e. The van der Waals surface area contributed by atoms with Gasteiger partial charge in [0.15, 0.2) is 5.82 Å². The molecule has 5 heteroatoms. The molecule has 0 aliphatic carbocycles. The summed E-state index contributed by atoms with van der Waals surface area (Å²) in [5, 5.41) is 0. The average Bonchev–Trinajstić information content (AvgIpc) is 2.21. The second-order valence-electron chi connectivity index (χ2n) is 3.97. The van der Waals surface area contributed by atoms with Crippen LogP contribution in [0.1, 0.15) is 17.3 Å². The van der Waals surface area contributed by atoms with Crippen LogP contribution in [0.25, 0.3) is 0 Å². The number of nitrogen functional groups attached to an aromatic ring is 1. The third-order valence-electron chi connectivity index (χ3n) is 2.15. The summed E-state index contributed by atoms with van der Waals surface area (Å²) >= 11 is 0. The van der Waals surface area contributed by atoms with E-state index >= 15 is 0 Å². The molecule has 0 saturated carbocycles. The van der Waals surface area contributed by atoms with Gasteiger partial charge in [-0.15, -0.1) is 0 Å². The van der Waals surface area contributed by atoms with Gasteiger partial charge in [0.25, 0.3) is 5.91 Å². The molecule has 2 N–H and O–H groups in total. The topological polar surface area (TPSA) is 46.3 Å². The molecule has 17 heavy (non-hydrogen) atoms. The molecular weight excluding hydrogens is 226 g/mol. The summed E-state index contributed by atoms with van der Waals surface area (Å²) in [7, 11) is 1.48. The van der Waals surface area contributed by atoms with Gasteiger partial charge in [-0.05, 0) is 19.1 Å². The Hall–Kier alpha value is -1.91. The van der Waals surface area contributed by atoms with E-state index < -0.39 is 17.5 Å². The predicted molar refractivity (Wildman–Crippen MR) is 62.5 cm³/mol. The normalized spacial score (nSPS) is 10.1. The molecule has 0 bridgehead atoms. The molecule has 0 aromatic heterocycles. The third-order valence-corrected chi connectivity index (χ3v) is 2.15. The molecular formula is C12H14F2N2O. The van der Waals surface area contributed by atoms with E-state index in [1.807, 2.05) is 0 Å². The molecule has 1 amide bonds. The maximum atomic E-state index is 13.6. The smallest absolute Gasteiger partial charge is 0.257 e. The number of nitrogens with zero attached hydrogens (tertiary/aromatic N) is 1. The van der Waals surface area contributed by atoms with Gasteiger partial charge in [-0.25, -0.2) is 8.78 Å². The van der Waals surface area contributed by atoms with Crippen molar-refractivity contribution < 1.29 is 13.6 Å². The minimum atomic E-state index is -0.898. The van der Waals surface area contributed by atoms with Crippen LogP contribution in [0.4, 0.5) is 14.5 Å². The number of carbonyl (C=O) groups excluding carboxylic acids is 1. The van der Waals surface area contributed by atoms with Crippen molar-refractivity contribution in [1.29, 1.82) is 0 Å². The van der Waals surface area contributed by atoms with Crippen molar-refractivity contribution in [3.05, 3.63) is 41.5 Å². The van der Waals surface area contributed by atoms with Crippen LogP contribution in [0.15, 0.2) is 24.3 Å². The maximum Gasteiger partial charge on any atom is 0.257 e. The lowest BCUT2D eigenvalue weighted by molar-refractivity contribution is 0.0802. The summed E-state index contributed by atoms with van der Waals surface area (Å²) < 4.78 is 26.6. The molecule has 0 radical (unpaired) electrons. The number of halogens is 2. The van der Waals surface area contributed by atoms with Gasteiger partial charge in [-0.2, -0.15) is 0 Å². The highest BCUT2D eigenvalue weighted by Crippen LogP contribution is 2.18. The van der Waals surface area contributed by atoms with Crippen LogP contribution in [0.2, 0.25) is 0 Å². The molecule has 0 unspecified atom stereocenters. The fourth-order valence-electron chi connectivity index (χ4n) is 1.45. The minimum absolute atomic E-state index is 0.273. The fraction of sp³-hybridized carbons (Fsp3) is 0.250. The second-order valence-corrected chi connectivity index (χ2v) is 3.97. The zero-order valence-electron chi connectivity index (χ0n) is 9.76. The molecule has 0 aliphatic rings. The van der Waals surface area contributed by atoms with Crippen molar-refractivity contribution >= 4 is 11.6 Å². The van der Waals surface area contributed by atoms with Crippen molar-refractivity contribution in [2.24, 2.45) is 0 Å². The highest BCUT2D eigenvalue weighted by Gasteiger charge is 2.19. The lowest BCUT2D eigenvalue weighted by Crippen LogP contribution is -2.29. The quantitative estimate of drug-likeness (QED) is 0.650. The van der Waals surface area contributed by atoms with Crippen molar-refractivity contribution in [3.8, 4) is 0 Å². The number of amides is 1. The average molecular weight is 240 g/mol. The highest BCUT2D eigenvalue weighted by atomic mass is 19.1. The first-order valence-corrected chi connectivity index (χ1v) is 4.97. The standard InChI is InChI=1S/C12H14F2N2O/c1-7(2)6-16(3)12(17)9-4-8(13)5-10(15)11(9)14/h4-5H,1,6,15H2,2-3H3. The van der Waals surface area contributed by atoms with Crippen molar-refractivity contribution in [2.45, 2.75) is 6.92 Å². The lowest BCUT2D eigenvalue weighted by Gasteiger charge is -2.17. The molecule has 0 aliphatic heterocycles. The van der Waals surface area contributed by atoms with Gasteiger partial charge >= 0.3 is 0 Å². The van der Waals surface area contributed by atoms with E-state index in [0.717, 1.165) is 17.7 Å². The Morgan fingerprint density at radius 3 is 2.59 bits per heavy atom. The van der Waals surface area contributed by atoms with Crippen LogP contribution in [0.5, 0.6) is 0 Å². The third kappa shape index (κ3) is 3.03. The SMILES string of the molecule is C=C(C)CN(C)C(=O)c1cc(F)cc(N)c1F. The fourth-order valence-corrected chi connectivity index (χ4v) is 1.45. The summed E-state index contributed by atoms with van der Waals surface area (Å²) in [5.41, 5.74) is 5.25. The van der Waals surface area contributed by atoms with Crippen molar-refractivity contribution in [2.75, 3.05) is 19.3 Å².